The number of hydrogen-bond donors (Lipinski definition) is 0. The van der Waals surface area contributed by atoms with Crippen LogP contribution in [-0.4, -0.2) is 45.5 Å². The number of benzene rings is 1. The summed E-state index contributed by atoms with van der Waals surface area (Å²) < 4.78 is 5.62. The maximum atomic E-state index is 12.4. The molecule has 1 amide bonds. The molecule has 0 aliphatic carbocycles. The second-order valence-electron chi connectivity index (χ2n) is 5.67. The minimum Gasteiger partial charge on any atom is -0.494 e. The van der Waals surface area contributed by atoms with Crippen molar-refractivity contribution >= 4 is 5.91 Å². The van der Waals surface area contributed by atoms with Gasteiger partial charge in [-0.15, -0.1) is 0 Å². The Morgan fingerprint density at radius 1 is 1.30 bits per heavy atom. The van der Waals surface area contributed by atoms with Gasteiger partial charge < -0.3 is 9.64 Å². The van der Waals surface area contributed by atoms with E-state index in [2.05, 4.69) is 10.2 Å². The minimum absolute atomic E-state index is 0.186. The van der Waals surface area contributed by atoms with E-state index in [0.717, 1.165) is 24.3 Å². The molecule has 0 N–H and O–H groups in total. The average molecular weight is 314 g/mol. The molecule has 1 aromatic carbocycles. The van der Waals surface area contributed by atoms with Crippen molar-refractivity contribution in [2.45, 2.75) is 32.2 Å². The molecular weight excluding hydrogens is 292 g/mol. The summed E-state index contributed by atoms with van der Waals surface area (Å²) in [4.78, 5) is 16.1. The highest BCUT2D eigenvalue weighted by Crippen LogP contribution is 2.23. The molecule has 0 saturated carbocycles. The van der Waals surface area contributed by atoms with Crippen LogP contribution >= 0.6 is 0 Å². The van der Waals surface area contributed by atoms with Gasteiger partial charge in [0.25, 0.3) is 0 Å². The molecule has 1 unspecified atom stereocenters. The van der Waals surface area contributed by atoms with Crippen molar-refractivity contribution in [2.24, 2.45) is 0 Å². The van der Waals surface area contributed by atoms with Crippen LogP contribution in [0.2, 0.25) is 0 Å². The molecule has 0 spiro atoms. The van der Waals surface area contributed by atoms with Crippen molar-refractivity contribution in [3.05, 3.63) is 42.2 Å². The van der Waals surface area contributed by atoms with Gasteiger partial charge in [0.1, 0.15) is 5.75 Å². The number of amides is 1. The largest absolute Gasteiger partial charge is 0.494 e. The Labute approximate surface area is 136 Å². The lowest BCUT2D eigenvalue weighted by atomic mass is 10.1. The summed E-state index contributed by atoms with van der Waals surface area (Å²) in [5.74, 6) is 1.06. The first kappa shape index (κ1) is 15.5. The molecule has 1 saturated heterocycles. The lowest BCUT2D eigenvalue weighted by molar-refractivity contribution is -0.130. The molecule has 0 bridgehead atoms. The zero-order valence-electron chi connectivity index (χ0n) is 13.4. The number of para-hydroxylation sites is 1. The fourth-order valence-electron chi connectivity index (χ4n) is 2.98. The van der Waals surface area contributed by atoms with E-state index in [9.17, 15) is 4.79 Å². The van der Waals surface area contributed by atoms with Crippen molar-refractivity contribution in [1.82, 2.24) is 19.9 Å². The molecule has 23 heavy (non-hydrogen) atoms. The molecule has 0 radical (unpaired) electrons. The molecular formula is C17H22N4O2. The van der Waals surface area contributed by atoms with E-state index in [-0.39, 0.29) is 11.9 Å². The summed E-state index contributed by atoms with van der Waals surface area (Å²) in [7, 11) is 0. The Morgan fingerprint density at radius 2 is 2.09 bits per heavy atom. The molecule has 1 atom stereocenters. The van der Waals surface area contributed by atoms with E-state index < -0.39 is 0 Å². The predicted octanol–water partition coefficient (Wildman–Crippen LogP) is 2.08. The summed E-state index contributed by atoms with van der Waals surface area (Å²) in [6, 6.07) is 8.12. The first-order chi connectivity index (χ1) is 11.3. The topological polar surface area (TPSA) is 60.2 Å². The molecule has 6 nitrogen and oxygen atoms in total. The molecule has 2 heterocycles. The number of aromatic nitrogens is 3. The predicted molar refractivity (Wildman–Crippen MR) is 86.2 cm³/mol. The number of hydrogen-bond acceptors (Lipinski definition) is 4. The first-order valence-electron chi connectivity index (χ1n) is 8.12. The quantitative estimate of drug-likeness (QED) is 0.819. The van der Waals surface area contributed by atoms with Crippen LogP contribution in [0.15, 0.2) is 36.7 Å². The minimum atomic E-state index is 0.186. The Balaban J connectivity index is 1.54. The standard InChI is InChI=1S/C17H22N4O2/c1-2-23-16-6-4-3-5-14(16)7-8-17(22)20-12-9-15(13-20)21-18-10-11-19-21/h3-6,10-11,15H,2,7-9,12-13H2,1H3. The SMILES string of the molecule is CCOc1ccccc1CCC(=O)N1CCC(n2nccn2)C1. The number of likely N-dealkylation sites (tertiary alicyclic amines) is 1. The Hall–Kier alpha value is -2.37. The molecule has 3 rings (SSSR count). The number of carbonyl (C=O) groups excluding carboxylic acids is 1. The van der Waals surface area contributed by atoms with Crippen LogP contribution in [0.5, 0.6) is 5.75 Å². The maximum absolute atomic E-state index is 12.4. The number of carbonyl (C=O) groups is 1. The van der Waals surface area contributed by atoms with Crippen molar-refractivity contribution in [2.75, 3.05) is 19.7 Å². The summed E-state index contributed by atoms with van der Waals surface area (Å²) in [6.07, 6.45) is 5.47. The number of ether oxygens (including phenoxy) is 1. The molecule has 1 aliphatic heterocycles. The van der Waals surface area contributed by atoms with Gasteiger partial charge in [-0.05, 0) is 31.4 Å². The third-order valence-corrected chi connectivity index (χ3v) is 4.16. The van der Waals surface area contributed by atoms with Crippen molar-refractivity contribution in [3.63, 3.8) is 0 Å². The first-order valence-corrected chi connectivity index (χ1v) is 8.12. The summed E-state index contributed by atoms with van der Waals surface area (Å²) in [5, 5.41) is 8.34. The van der Waals surface area contributed by atoms with Gasteiger partial charge in [-0.1, -0.05) is 18.2 Å². The highest BCUT2D eigenvalue weighted by atomic mass is 16.5. The molecule has 1 fully saturated rings. The zero-order valence-corrected chi connectivity index (χ0v) is 13.4. The number of rotatable bonds is 6. The van der Waals surface area contributed by atoms with Gasteiger partial charge >= 0.3 is 0 Å². The van der Waals surface area contributed by atoms with Crippen LogP contribution in [0.1, 0.15) is 31.4 Å². The van der Waals surface area contributed by atoms with Crippen molar-refractivity contribution < 1.29 is 9.53 Å². The number of aryl methyl sites for hydroxylation is 1. The van der Waals surface area contributed by atoms with E-state index in [1.807, 2.05) is 36.1 Å². The van der Waals surface area contributed by atoms with Gasteiger partial charge in [-0.2, -0.15) is 15.0 Å². The van der Waals surface area contributed by atoms with Gasteiger partial charge in [-0.3, -0.25) is 4.79 Å². The molecule has 2 aromatic rings. The van der Waals surface area contributed by atoms with Crippen LogP contribution in [0.3, 0.4) is 0 Å². The second-order valence-corrected chi connectivity index (χ2v) is 5.67. The Kier molecular flexibility index (Phi) is 4.90. The third kappa shape index (κ3) is 3.70. The van der Waals surface area contributed by atoms with Crippen molar-refractivity contribution in [1.29, 1.82) is 0 Å². The molecule has 122 valence electrons. The van der Waals surface area contributed by atoms with E-state index >= 15 is 0 Å². The van der Waals surface area contributed by atoms with E-state index in [1.54, 1.807) is 17.2 Å². The lowest BCUT2D eigenvalue weighted by Crippen LogP contribution is -2.29. The Bertz CT molecular complexity index is 642. The van der Waals surface area contributed by atoms with Crippen LogP contribution in [0.4, 0.5) is 0 Å². The molecule has 1 aromatic heterocycles. The van der Waals surface area contributed by atoms with Gasteiger partial charge in [0, 0.05) is 19.5 Å². The lowest BCUT2D eigenvalue weighted by Gasteiger charge is -2.17. The third-order valence-electron chi connectivity index (χ3n) is 4.16. The van der Waals surface area contributed by atoms with Gasteiger partial charge in [0.05, 0.1) is 25.0 Å². The maximum Gasteiger partial charge on any atom is 0.222 e. The van der Waals surface area contributed by atoms with E-state index in [0.29, 0.717) is 26.0 Å². The van der Waals surface area contributed by atoms with Crippen molar-refractivity contribution in [3.8, 4) is 5.75 Å². The average Bonchev–Trinajstić information content (AvgIpc) is 3.25. The van der Waals surface area contributed by atoms with Gasteiger partial charge in [0.2, 0.25) is 5.91 Å². The van der Waals surface area contributed by atoms with E-state index in [4.69, 9.17) is 4.74 Å². The van der Waals surface area contributed by atoms with Gasteiger partial charge in [0.15, 0.2) is 0 Å². The monoisotopic (exact) mass is 314 g/mol. The molecule has 1 aliphatic rings. The highest BCUT2D eigenvalue weighted by molar-refractivity contribution is 5.76. The van der Waals surface area contributed by atoms with E-state index in [1.165, 1.54) is 0 Å². The fourth-order valence-corrected chi connectivity index (χ4v) is 2.98. The summed E-state index contributed by atoms with van der Waals surface area (Å²) in [6.45, 7) is 4.07. The summed E-state index contributed by atoms with van der Waals surface area (Å²) >= 11 is 0. The van der Waals surface area contributed by atoms with Crippen LogP contribution in [0.25, 0.3) is 0 Å². The normalized spacial score (nSPS) is 17.4. The van der Waals surface area contributed by atoms with Crippen LogP contribution in [0, 0.1) is 0 Å². The fraction of sp³-hybridized carbons (Fsp3) is 0.471. The van der Waals surface area contributed by atoms with Crippen LogP contribution < -0.4 is 4.74 Å². The highest BCUT2D eigenvalue weighted by Gasteiger charge is 2.28. The zero-order chi connectivity index (χ0) is 16.1. The smallest absolute Gasteiger partial charge is 0.222 e. The molecule has 6 heteroatoms. The Morgan fingerprint density at radius 3 is 2.87 bits per heavy atom. The van der Waals surface area contributed by atoms with Crippen LogP contribution in [-0.2, 0) is 11.2 Å². The summed E-state index contributed by atoms with van der Waals surface area (Å²) in [5.41, 5.74) is 1.09. The second kappa shape index (κ2) is 7.26. The number of nitrogens with zero attached hydrogens (tertiary/aromatic N) is 4. The van der Waals surface area contributed by atoms with Gasteiger partial charge in [-0.25, -0.2) is 0 Å².